The van der Waals surface area contributed by atoms with Crippen molar-refractivity contribution in [3.05, 3.63) is 28.0 Å². The van der Waals surface area contributed by atoms with Crippen LogP contribution < -0.4 is 0 Å². The Morgan fingerprint density at radius 1 is 1.45 bits per heavy atom. The summed E-state index contributed by atoms with van der Waals surface area (Å²) in [5.74, 6) is -2.54. The molecule has 0 saturated carbocycles. The Morgan fingerprint density at radius 2 is 2.10 bits per heavy atom. The summed E-state index contributed by atoms with van der Waals surface area (Å²) in [5.41, 5.74) is -0.422. The molecule has 0 aromatic heterocycles. The van der Waals surface area contributed by atoms with Crippen LogP contribution in [-0.4, -0.2) is 28.9 Å². The Morgan fingerprint density at radius 3 is 2.60 bits per heavy atom. The second-order valence-corrected chi connectivity index (χ2v) is 5.93. The lowest BCUT2D eigenvalue weighted by Gasteiger charge is -2.14. The second kappa shape index (κ2) is 7.64. The first-order valence-electron chi connectivity index (χ1n) is 5.96. The zero-order chi connectivity index (χ0) is 15.3. The molecule has 0 aliphatic heterocycles. The van der Waals surface area contributed by atoms with Gasteiger partial charge in [0, 0.05) is 9.37 Å². The first-order valence-corrected chi connectivity index (χ1v) is 7.63. The van der Waals surface area contributed by atoms with E-state index >= 15 is 0 Å². The minimum atomic E-state index is -1.35. The largest absolute Gasteiger partial charge is 0.478 e. The summed E-state index contributed by atoms with van der Waals surface area (Å²) in [6.45, 7) is 3.82. The van der Waals surface area contributed by atoms with Crippen molar-refractivity contribution in [1.29, 1.82) is 0 Å². The van der Waals surface area contributed by atoms with Crippen LogP contribution in [0, 0.1) is 5.82 Å². The van der Waals surface area contributed by atoms with Gasteiger partial charge in [0.15, 0.2) is 0 Å². The molecule has 1 aromatic carbocycles. The molecule has 1 aromatic rings. The van der Waals surface area contributed by atoms with Crippen LogP contribution >= 0.6 is 27.7 Å². The maximum atomic E-state index is 13.5. The third-order valence-corrected chi connectivity index (χ3v) is 4.76. The van der Waals surface area contributed by atoms with Gasteiger partial charge in [0.2, 0.25) is 0 Å². The van der Waals surface area contributed by atoms with Gasteiger partial charge >= 0.3 is 11.9 Å². The number of carbonyl (C=O) groups is 2. The Bertz CT molecular complexity index is 521. The molecule has 0 bridgehead atoms. The van der Waals surface area contributed by atoms with Crippen molar-refractivity contribution in [2.75, 3.05) is 6.61 Å². The fourth-order valence-corrected chi connectivity index (χ4v) is 3.06. The molecule has 110 valence electrons. The summed E-state index contributed by atoms with van der Waals surface area (Å²) in [6.07, 6.45) is 0.524. The van der Waals surface area contributed by atoms with Gasteiger partial charge < -0.3 is 9.84 Å². The number of benzene rings is 1. The number of carboxylic acid groups (broad SMARTS) is 1. The number of halogens is 2. The lowest BCUT2D eigenvalue weighted by molar-refractivity contribution is -0.142. The van der Waals surface area contributed by atoms with Gasteiger partial charge in [-0.3, -0.25) is 4.79 Å². The zero-order valence-electron chi connectivity index (χ0n) is 11.0. The highest BCUT2D eigenvalue weighted by molar-refractivity contribution is 9.10. The number of rotatable bonds is 6. The van der Waals surface area contributed by atoms with Crippen molar-refractivity contribution in [2.45, 2.75) is 30.4 Å². The predicted octanol–water partition coefficient (Wildman–Crippen LogP) is 3.72. The number of carbonyl (C=O) groups excluding carboxylic acids is 1. The van der Waals surface area contributed by atoms with E-state index in [1.165, 1.54) is 6.07 Å². The van der Waals surface area contributed by atoms with Gasteiger partial charge in [-0.2, -0.15) is 0 Å². The summed E-state index contributed by atoms with van der Waals surface area (Å²) in [6, 6.07) is 2.30. The summed E-state index contributed by atoms with van der Waals surface area (Å²) in [5, 5.41) is 8.45. The number of hydrogen-bond donors (Lipinski definition) is 1. The highest BCUT2D eigenvalue weighted by Gasteiger charge is 2.22. The van der Waals surface area contributed by atoms with Crippen molar-refractivity contribution in [1.82, 2.24) is 0 Å². The molecule has 20 heavy (non-hydrogen) atoms. The fourth-order valence-electron chi connectivity index (χ4n) is 1.47. The first kappa shape index (κ1) is 17.0. The molecule has 4 nitrogen and oxygen atoms in total. The van der Waals surface area contributed by atoms with Gasteiger partial charge in [0.25, 0.3) is 0 Å². The minimum Gasteiger partial charge on any atom is -0.478 e. The van der Waals surface area contributed by atoms with Crippen LogP contribution in [0.4, 0.5) is 4.39 Å². The summed E-state index contributed by atoms with van der Waals surface area (Å²) < 4.78 is 18.8. The Kier molecular flexibility index (Phi) is 6.48. The standard InChI is InChI=1S/C13H14BrFO4S/c1-3-10(13(18)19-4-2)20-11-5-7(12(16)17)9(15)6-8(11)14/h5-6,10H,3-4H2,1-2H3,(H,16,17). The molecule has 1 N–H and O–H groups in total. The van der Waals surface area contributed by atoms with Crippen LogP contribution in [0.25, 0.3) is 0 Å². The van der Waals surface area contributed by atoms with Gasteiger partial charge in [-0.1, -0.05) is 6.92 Å². The van der Waals surface area contributed by atoms with E-state index < -0.39 is 22.6 Å². The third-order valence-electron chi connectivity index (χ3n) is 2.44. The van der Waals surface area contributed by atoms with E-state index in [-0.39, 0.29) is 12.6 Å². The lowest BCUT2D eigenvalue weighted by Crippen LogP contribution is -2.19. The molecule has 0 heterocycles. The highest BCUT2D eigenvalue weighted by atomic mass is 79.9. The molecule has 7 heteroatoms. The quantitative estimate of drug-likeness (QED) is 0.615. The Hall–Kier alpha value is -1.08. The molecular weight excluding hydrogens is 351 g/mol. The van der Waals surface area contributed by atoms with E-state index in [2.05, 4.69) is 15.9 Å². The van der Waals surface area contributed by atoms with Crippen LogP contribution in [0.15, 0.2) is 21.5 Å². The number of ether oxygens (including phenoxy) is 1. The maximum Gasteiger partial charge on any atom is 0.338 e. The smallest absolute Gasteiger partial charge is 0.338 e. The van der Waals surface area contributed by atoms with Crippen molar-refractivity contribution in [3.63, 3.8) is 0 Å². The number of aromatic carboxylic acids is 1. The SMILES string of the molecule is CCOC(=O)C(CC)Sc1cc(C(=O)O)c(F)cc1Br. The van der Waals surface area contributed by atoms with Gasteiger partial charge in [-0.05, 0) is 41.4 Å². The normalized spacial score (nSPS) is 12.0. The number of esters is 1. The van der Waals surface area contributed by atoms with Crippen molar-refractivity contribution >= 4 is 39.6 Å². The van der Waals surface area contributed by atoms with Gasteiger partial charge in [-0.15, -0.1) is 11.8 Å². The van der Waals surface area contributed by atoms with Gasteiger partial charge in [0.1, 0.15) is 11.1 Å². The molecular formula is C13H14BrFO4S. The van der Waals surface area contributed by atoms with Crippen molar-refractivity contribution < 1.29 is 23.8 Å². The molecule has 0 spiro atoms. The number of thioether (sulfide) groups is 1. The molecule has 0 fully saturated rings. The first-order chi connectivity index (χ1) is 9.40. The number of hydrogen-bond acceptors (Lipinski definition) is 4. The Labute approximate surface area is 128 Å². The molecule has 1 rings (SSSR count). The van der Waals surface area contributed by atoms with Crippen molar-refractivity contribution in [3.8, 4) is 0 Å². The van der Waals surface area contributed by atoms with E-state index in [1.807, 2.05) is 6.92 Å². The maximum absolute atomic E-state index is 13.5. The van der Waals surface area contributed by atoms with Crippen LogP contribution in [0.3, 0.4) is 0 Å². The van der Waals surface area contributed by atoms with Gasteiger partial charge in [0.05, 0.1) is 12.2 Å². The van der Waals surface area contributed by atoms with E-state index in [9.17, 15) is 14.0 Å². The van der Waals surface area contributed by atoms with Crippen molar-refractivity contribution in [2.24, 2.45) is 0 Å². The molecule has 0 saturated heterocycles. The van der Waals surface area contributed by atoms with Crippen LogP contribution in [0.2, 0.25) is 0 Å². The number of carboxylic acids is 1. The third kappa shape index (κ3) is 4.21. The monoisotopic (exact) mass is 364 g/mol. The highest BCUT2D eigenvalue weighted by Crippen LogP contribution is 2.34. The van der Waals surface area contributed by atoms with Crippen LogP contribution in [0.1, 0.15) is 30.6 Å². The summed E-state index contributed by atoms with van der Waals surface area (Å²) in [4.78, 5) is 23.1. The molecule has 0 radical (unpaired) electrons. The molecule has 0 aliphatic rings. The van der Waals surface area contributed by atoms with E-state index in [4.69, 9.17) is 9.84 Å². The molecule has 1 unspecified atom stereocenters. The van der Waals surface area contributed by atoms with Gasteiger partial charge in [-0.25, -0.2) is 9.18 Å². The molecule has 0 amide bonds. The minimum absolute atomic E-state index is 0.279. The topological polar surface area (TPSA) is 63.6 Å². The average molecular weight is 365 g/mol. The van der Waals surface area contributed by atoms with E-state index in [0.717, 1.165) is 17.8 Å². The molecule has 1 atom stereocenters. The zero-order valence-corrected chi connectivity index (χ0v) is 13.4. The van der Waals surface area contributed by atoms with Crippen LogP contribution in [-0.2, 0) is 9.53 Å². The second-order valence-electron chi connectivity index (χ2n) is 3.83. The molecule has 0 aliphatic carbocycles. The average Bonchev–Trinajstić information content (AvgIpc) is 2.37. The summed E-state index contributed by atoms with van der Waals surface area (Å²) in [7, 11) is 0. The predicted molar refractivity (Wildman–Crippen MR) is 77.6 cm³/mol. The Balaban J connectivity index is 3.04. The van der Waals surface area contributed by atoms with E-state index in [1.54, 1.807) is 6.92 Å². The van der Waals surface area contributed by atoms with E-state index in [0.29, 0.717) is 15.8 Å². The fraction of sp³-hybridized carbons (Fsp3) is 0.385. The lowest BCUT2D eigenvalue weighted by atomic mass is 10.2. The van der Waals surface area contributed by atoms with Crippen LogP contribution in [0.5, 0.6) is 0 Å². The summed E-state index contributed by atoms with van der Waals surface area (Å²) >= 11 is 4.32.